The second kappa shape index (κ2) is 7.04. The van der Waals surface area contributed by atoms with Crippen LogP contribution in [0.5, 0.6) is 0 Å². The summed E-state index contributed by atoms with van der Waals surface area (Å²) >= 11 is 2.19. The minimum atomic E-state index is -0.146. The first kappa shape index (κ1) is 15.2. The summed E-state index contributed by atoms with van der Waals surface area (Å²) in [7, 11) is 0. The maximum Gasteiger partial charge on any atom is 0.255 e. The van der Waals surface area contributed by atoms with Gasteiger partial charge in [0.05, 0.1) is 18.1 Å². The maximum atomic E-state index is 12.2. The van der Waals surface area contributed by atoms with E-state index in [4.69, 9.17) is 0 Å². The van der Waals surface area contributed by atoms with Crippen molar-refractivity contribution >= 4 is 40.1 Å². The smallest absolute Gasteiger partial charge is 0.255 e. The van der Waals surface area contributed by atoms with Gasteiger partial charge in [-0.15, -0.1) is 0 Å². The molecule has 0 atom stereocenters. The molecule has 114 valence electrons. The molecule has 0 spiro atoms. The minimum Gasteiger partial charge on any atom is -0.341 e. The molecule has 1 fully saturated rings. The van der Waals surface area contributed by atoms with Crippen molar-refractivity contribution in [2.45, 2.75) is 19.3 Å². The Morgan fingerprint density at radius 3 is 2.55 bits per heavy atom. The van der Waals surface area contributed by atoms with Gasteiger partial charge in [-0.05, 0) is 60.1 Å². The molecule has 0 aliphatic carbocycles. The predicted octanol–water partition coefficient (Wildman–Crippen LogP) is 3.32. The summed E-state index contributed by atoms with van der Waals surface area (Å²) in [6, 6.07) is 7.46. The zero-order valence-corrected chi connectivity index (χ0v) is 14.3. The van der Waals surface area contributed by atoms with Gasteiger partial charge in [0.15, 0.2) is 0 Å². The zero-order chi connectivity index (χ0) is 15.4. The minimum absolute atomic E-state index is 0.146. The number of carbonyl (C=O) groups excluding carboxylic acids is 1. The lowest BCUT2D eigenvalue weighted by molar-refractivity contribution is 0.102. The van der Waals surface area contributed by atoms with Crippen molar-refractivity contribution in [2.75, 3.05) is 23.3 Å². The summed E-state index contributed by atoms with van der Waals surface area (Å²) in [6.07, 6.45) is 7.00. The van der Waals surface area contributed by atoms with Gasteiger partial charge < -0.3 is 10.2 Å². The number of nitrogens with zero attached hydrogens (tertiary/aromatic N) is 3. The van der Waals surface area contributed by atoms with Crippen LogP contribution in [-0.4, -0.2) is 29.0 Å². The highest BCUT2D eigenvalue weighted by Crippen LogP contribution is 2.17. The fourth-order valence-corrected chi connectivity index (χ4v) is 3.02. The molecule has 0 radical (unpaired) electrons. The van der Waals surface area contributed by atoms with E-state index < -0.39 is 0 Å². The van der Waals surface area contributed by atoms with Gasteiger partial charge in [0.2, 0.25) is 5.95 Å². The lowest BCUT2D eigenvalue weighted by Gasteiger charge is -2.26. The highest BCUT2D eigenvalue weighted by Gasteiger charge is 2.13. The lowest BCUT2D eigenvalue weighted by Crippen LogP contribution is -2.30. The number of amides is 1. The van der Waals surface area contributed by atoms with Gasteiger partial charge in [-0.2, -0.15) is 0 Å². The Hall–Kier alpha value is -1.70. The summed E-state index contributed by atoms with van der Waals surface area (Å²) in [4.78, 5) is 23.1. The Morgan fingerprint density at radius 1 is 1.14 bits per heavy atom. The largest absolute Gasteiger partial charge is 0.341 e. The summed E-state index contributed by atoms with van der Waals surface area (Å²) in [5.74, 6) is 0.597. The van der Waals surface area contributed by atoms with E-state index in [1.807, 2.05) is 18.2 Å². The number of benzene rings is 1. The van der Waals surface area contributed by atoms with Crippen LogP contribution in [0.15, 0.2) is 36.7 Å². The van der Waals surface area contributed by atoms with Gasteiger partial charge in [-0.1, -0.05) is 6.07 Å². The summed E-state index contributed by atoms with van der Waals surface area (Å²) in [5, 5.41) is 2.83. The summed E-state index contributed by atoms with van der Waals surface area (Å²) in [6.45, 7) is 2.02. The number of rotatable bonds is 3. The first-order valence-electron chi connectivity index (χ1n) is 7.36. The normalized spacial score (nSPS) is 14.7. The molecule has 0 saturated carbocycles. The highest BCUT2D eigenvalue weighted by molar-refractivity contribution is 14.1. The topological polar surface area (TPSA) is 58.1 Å². The third-order valence-corrected chi connectivity index (χ3v) is 4.29. The number of nitrogens with one attached hydrogen (secondary N) is 1. The molecule has 22 heavy (non-hydrogen) atoms. The standard InChI is InChI=1S/C16H17IN4O/c17-13-6-4-5-12(9-13)15(22)20-14-10-18-16(19-11-14)21-7-2-1-3-8-21/h4-6,9-11H,1-3,7-8H2,(H,20,22). The molecule has 5 nitrogen and oxygen atoms in total. The average molecular weight is 408 g/mol. The van der Waals surface area contributed by atoms with Crippen molar-refractivity contribution in [3.8, 4) is 0 Å². The molecule has 1 aliphatic heterocycles. The van der Waals surface area contributed by atoms with Gasteiger partial charge in [-0.25, -0.2) is 9.97 Å². The third-order valence-electron chi connectivity index (χ3n) is 3.62. The lowest BCUT2D eigenvalue weighted by atomic mass is 10.1. The Bertz CT molecular complexity index is 653. The van der Waals surface area contributed by atoms with Gasteiger partial charge in [0, 0.05) is 22.2 Å². The fourth-order valence-electron chi connectivity index (χ4n) is 2.48. The van der Waals surface area contributed by atoms with Gasteiger partial charge in [0.25, 0.3) is 5.91 Å². The Kier molecular flexibility index (Phi) is 4.87. The van der Waals surface area contributed by atoms with Crippen LogP contribution in [0.2, 0.25) is 0 Å². The molecule has 6 heteroatoms. The molecule has 0 unspecified atom stereocenters. The molecule has 2 heterocycles. The van der Waals surface area contributed by atoms with Crippen LogP contribution in [0.25, 0.3) is 0 Å². The third kappa shape index (κ3) is 3.73. The molecule has 1 aliphatic rings. The number of piperidine rings is 1. The maximum absolute atomic E-state index is 12.2. The SMILES string of the molecule is O=C(Nc1cnc(N2CCCCC2)nc1)c1cccc(I)c1. The van der Waals surface area contributed by atoms with Crippen LogP contribution >= 0.6 is 22.6 Å². The molecular weight excluding hydrogens is 391 g/mol. The van der Waals surface area contributed by atoms with Crippen molar-refractivity contribution in [1.29, 1.82) is 0 Å². The zero-order valence-electron chi connectivity index (χ0n) is 12.1. The van der Waals surface area contributed by atoms with Crippen molar-refractivity contribution in [3.05, 3.63) is 45.8 Å². The quantitative estimate of drug-likeness (QED) is 0.792. The second-order valence-electron chi connectivity index (χ2n) is 5.28. The van der Waals surface area contributed by atoms with Crippen molar-refractivity contribution < 1.29 is 4.79 Å². The van der Waals surface area contributed by atoms with Crippen LogP contribution in [0.3, 0.4) is 0 Å². The highest BCUT2D eigenvalue weighted by atomic mass is 127. The van der Waals surface area contributed by atoms with Crippen LogP contribution in [0.1, 0.15) is 29.6 Å². The van der Waals surface area contributed by atoms with Crippen LogP contribution < -0.4 is 10.2 Å². The van der Waals surface area contributed by atoms with E-state index in [-0.39, 0.29) is 5.91 Å². The molecule has 0 bridgehead atoms. The number of hydrogen-bond donors (Lipinski definition) is 1. The van der Waals surface area contributed by atoms with Crippen LogP contribution in [0, 0.1) is 3.57 Å². The predicted molar refractivity (Wildman–Crippen MR) is 95.2 cm³/mol. The van der Waals surface area contributed by atoms with Gasteiger partial charge in [0.1, 0.15) is 0 Å². The monoisotopic (exact) mass is 408 g/mol. The average Bonchev–Trinajstić information content (AvgIpc) is 2.56. The molecule has 1 N–H and O–H groups in total. The molecule has 1 aromatic carbocycles. The van der Waals surface area contributed by atoms with E-state index in [9.17, 15) is 4.79 Å². The van der Waals surface area contributed by atoms with E-state index in [1.165, 1.54) is 19.3 Å². The Balaban J connectivity index is 1.66. The number of hydrogen-bond acceptors (Lipinski definition) is 4. The molecule has 2 aromatic rings. The van der Waals surface area contributed by atoms with Crippen molar-refractivity contribution in [3.63, 3.8) is 0 Å². The number of anilines is 2. The molecule has 1 saturated heterocycles. The molecule has 1 amide bonds. The van der Waals surface area contributed by atoms with E-state index >= 15 is 0 Å². The summed E-state index contributed by atoms with van der Waals surface area (Å²) < 4.78 is 1.03. The second-order valence-corrected chi connectivity index (χ2v) is 6.53. The van der Waals surface area contributed by atoms with E-state index in [2.05, 4.69) is 42.8 Å². The number of halogens is 1. The molecule has 3 rings (SSSR count). The first-order valence-corrected chi connectivity index (χ1v) is 8.44. The van der Waals surface area contributed by atoms with Gasteiger partial charge in [-0.3, -0.25) is 4.79 Å². The van der Waals surface area contributed by atoms with E-state index in [0.717, 1.165) is 22.6 Å². The van der Waals surface area contributed by atoms with Crippen molar-refractivity contribution in [1.82, 2.24) is 9.97 Å². The van der Waals surface area contributed by atoms with Crippen molar-refractivity contribution in [2.24, 2.45) is 0 Å². The molecular formula is C16H17IN4O. The summed E-state index contributed by atoms with van der Waals surface area (Å²) in [5.41, 5.74) is 1.25. The molecule has 1 aromatic heterocycles. The van der Waals surface area contributed by atoms with E-state index in [0.29, 0.717) is 11.3 Å². The Labute approximate surface area is 143 Å². The fraction of sp³-hybridized carbons (Fsp3) is 0.312. The van der Waals surface area contributed by atoms with E-state index in [1.54, 1.807) is 18.5 Å². The number of aromatic nitrogens is 2. The number of carbonyl (C=O) groups is 1. The van der Waals surface area contributed by atoms with Gasteiger partial charge >= 0.3 is 0 Å². The van der Waals surface area contributed by atoms with Crippen LogP contribution in [-0.2, 0) is 0 Å². The van der Waals surface area contributed by atoms with Crippen LogP contribution in [0.4, 0.5) is 11.6 Å². The Morgan fingerprint density at radius 2 is 1.86 bits per heavy atom. The first-order chi connectivity index (χ1) is 10.7.